The summed E-state index contributed by atoms with van der Waals surface area (Å²) in [7, 11) is -4.16. The molecule has 0 saturated carbocycles. The van der Waals surface area contributed by atoms with E-state index in [0.29, 0.717) is 0 Å². The van der Waals surface area contributed by atoms with Crippen LogP contribution in [-0.4, -0.2) is 51.0 Å². The zero-order valence-corrected chi connectivity index (χ0v) is 15.1. The zero-order valence-electron chi connectivity index (χ0n) is 14.3. The van der Waals surface area contributed by atoms with Crippen LogP contribution in [-0.2, 0) is 16.5 Å². The van der Waals surface area contributed by atoms with Crippen LogP contribution in [0.5, 0.6) is 0 Å². The predicted molar refractivity (Wildman–Crippen MR) is 91.9 cm³/mol. The number of hydrogen-bond donors (Lipinski definition) is 1. The number of anilines is 1. The molecule has 1 fully saturated rings. The smallest absolute Gasteiger partial charge is 0.273 e. The van der Waals surface area contributed by atoms with Crippen LogP contribution in [0.1, 0.15) is 49.2 Å². The summed E-state index contributed by atoms with van der Waals surface area (Å²) in [5, 5.41) is 7.34. The van der Waals surface area contributed by atoms with E-state index in [1.807, 2.05) is 12.4 Å². The van der Waals surface area contributed by atoms with Crippen molar-refractivity contribution < 1.29 is 13.0 Å². The molecule has 2 aromatic heterocycles. The average Bonchev–Trinajstić information content (AvgIpc) is 3.10. The van der Waals surface area contributed by atoms with Gasteiger partial charge in [-0.05, 0) is 31.7 Å². The lowest BCUT2D eigenvalue weighted by Crippen LogP contribution is -2.36. The molecular weight excluding hydrogens is 344 g/mol. The van der Waals surface area contributed by atoms with Gasteiger partial charge in [0.05, 0.1) is 12.2 Å². The highest BCUT2D eigenvalue weighted by molar-refractivity contribution is 7.86. The Morgan fingerprint density at radius 1 is 1.24 bits per heavy atom. The molecule has 1 aliphatic rings. The highest BCUT2D eigenvalue weighted by Gasteiger charge is 2.27. The van der Waals surface area contributed by atoms with E-state index in [0.717, 1.165) is 43.9 Å². The first-order valence-electron chi connectivity index (χ1n) is 8.32. The molecule has 1 N–H and O–H groups in total. The number of rotatable bonds is 5. The number of piperidine rings is 1. The van der Waals surface area contributed by atoms with E-state index in [9.17, 15) is 8.42 Å². The van der Waals surface area contributed by atoms with Crippen molar-refractivity contribution >= 4 is 16.1 Å². The van der Waals surface area contributed by atoms with Crippen molar-refractivity contribution in [2.75, 3.05) is 18.0 Å². The van der Waals surface area contributed by atoms with E-state index in [4.69, 9.17) is 4.55 Å². The Labute approximate surface area is 146 Å². The molecule has 0 bridgehead atoms. The molecule has 0 aliphatic carbocycles. The fourth-order valence-electron chi connectivity index (χ4n) is 2.79. The van der Waals surface area contributed by atoms with Crippen LogP contribution >= 0.6 is 0 Å². The Bertz CT molecular complexity index is 812. The fraction of sp³-hybridized carbons (Fsp3) is 0.600. The molecule has 3 heterocycles. The minimum atomic E-state index is -4.16. The third-order valence-electron chi connectivity index (χ3n) is 4.56. The highest BCUT2D eigenvalue weighted by atomic mass is 32.2. The molecule has 25 heavy (non-hydrogen) atoms. The molecule has 136 valence electrons. The topological polar surface area (TPSA) is 114 Å². The van der Waals surface area contributed by atoms with Crippen LogP contribution in [0.4, 0.5) is 5.95 Å². The maximum absolute atomic E-state index is 11.2. The Hall–Kier alpha value is -2.07. The molecule has 0 spiro atoms. The van der Waals surface area contributed by atoms with E-state index in [1.165, 1.54) is 13.1 Å². The van der Waals surface area contributed by atoms with Gasteiger partial charge in [0.15, 0.2) is 0 Å². The minimum absolute atomic E-state index is 0.0912. The molecule has 0 aromatic carbocycles. The van der Waals surface area contributed by atoms with Gasteiger partial charge in [0.2, 0.25) is 5.95 Å². The molecule has 0 amide bonds. The Morgan fingerprint density at radius 2 is 1.88 bits per heavy atom. The number of aromatic nitrogens is 5. The van der Waals surface area contributed by atoms with Crippen LogP contribution in [0.2, 0.25) is 0 Å². The maximum atomic E-state index is 11.2. The molecule has 3 rings (SSSR count). The summed E-state index contributed by atoms with van der Waals surface area (Å²) in [6.45, 7) is 5.02. The van der Waals surface area contributed by atoms with Gasteiger partial charge in [-0.2, -0.15) is 23.4 Å². The monoisotopic (exact) mass is 366 g/mol. The van der Waals surface area contributed by atoms with E-state index in [2.05, 4.69) is 32.0 Å². The quantitative estimate of drug-likeness (QED) is 0.790. The summed E-state index contributed by atoms with van der Waals surface area (Å²) in [5.41, 5.74) is 1.36. The van der Waals surface area contributed by atoms with Gasteiger partial charge in [-0.15, -0.1) is 0 Å². The van der Waals surface area contributed by atoms with Crippen molar-refractivity contribution in [2.24, 2.45) is 0 Å². The zero-order chi connectivity index (χ0) is 18.0. The molecule has 9 nitrogen and oxygen atoms in total. The van der Waals surface area contributed by atoms with E-state index in [-0.39, 0.29) is 11.7 Å². The first kappa shape index (κ1) is 17.7. The van der Waals surface area contributed by atoms with Gasteiger partial charge in [0.1, 0.15) is 10.9 Å². The lowest BCUT2D eigenvalue weighted by molar-refractivity contribution is 0.330. The summed E-state index contributed by atoms with van der Waals surface area (Å²) in [5.74, 6) is 0.727. The first-order valence-corrected chi connectivity index (χ1v) is 9.82. The van der Waals surface area contributed by atoms with Crippen molar-refractivity contribution in [3.63, 3.8) is 0 Å². The Morgan fingerprint density at radius 3 is 2.44 bits per heavy atom. The van der Waals surface area contributed by atoms with E-state index in [1.54, 1.807) is 4.80 Å². The third-order valence-corrected chi connectivity index (χ3v) is 5.70. The van der Waals surface area contributed by atoms with Gasteiger partial charge < -0.3 is 4.90 Å². The predicted octanol–water partition coefficient (Wildman–Crippen LogP) is 1.42. The third kappa shape index (κ3) is 3.96. The molecule has 0 radical (unpaired) electrons. The fourth-order valence-corrected chi connectivity index (χ4v) is 3.21. The summed E-state index contributed by atoms with van der Waals surface area (Å²) in [4.78, 5) is 12.5. The molecule has 1 aliphatic heterocycles. The van der Waals surface area contributed by atoms with Crippen LogP contribution < -0.4 is 4.90 Å². The second-order valence-electron chi connectivity index (χ2n) is 6.21. The van der Waals surface area contributed by atoms with Gasteiger partial charge in [-0.1, -0.05) is 6.92 Å². The standard InChI is InChI=1S/C15H22N6O3S/c1-3-12-8-16-15(17-9-12)20-6-4-13(5-7-20)21-18-10-14(19-21)11(2)25(22,23)24/h8-11,13H,3-7H2,1-2H3,(H,22,23,24). The highest BCUT2D eigenvalue weighted by Crippen LogP contribution is 2.25. The van der Waals surface area contributed by atoms with Gasteiger partial charge in [0, 0.05) is 25.5 Å². The second-order valence-corrected chi connectivity index (χ2v) is 7.95. The van der Waals surface area contributed by atoms with Gasteiger partial charge >= 0.3 is 0 Å². The summed E-state index contributed by atoms with van der Waals surface area (Å²) in [6.07, 6.45) is 7.65. The largest absolute Gasteiger partial charge is 0.341 e. The van der Waals surface area contributed by atoms with Crippen LogP contribution in [0, 0.1) is 0 Å². The van der Waals surface area contributed by atoms with Crippen molar-refractivity contribution in [1.29, 1.82) is 0 Å². The molecule has 1 unspecified atom stereocenters. The van der Waals surface area contributed by atoms with Gasteiger partial charge in [-0.3, -0.25) is 4.55 Å². The molecule has 10 heteroatoms. The maximum Gasteiger partial charge on any atom is 0.273 e. The summed E-state index contributed by atoms with van der Waals surface area (Å²) >= 11 is 0. The SMILES string of the molecule is CCc1cnc(N2CCC(n3ncc(C(C)S(=O)(=O)O)n3)CC2)nc1. The Balaban J connectivity index is 1.63. The lowest BCUT2D eigenvalue weighted by Gasteiger charge is -2.31. The van der Waals surface area contributed by atoms with Gasteiger partial charge in [0.25, 0.3) is 10.1 Å². The number of hydrogen-bond acceptors (Lipinski definition) is 7. The molecular formula is C15H22N6O3S. The lowest BCUT2D eigenvalue weighted by atomic mass is 10.1. The van der Waals surface area contributed by atoms with Crippen LogP contribution in [0.3, 0.4) is 0 Å². The van der Waals surface area contributed by atoms with Gasteiger partial charge in [-0.25, -0.2) is 9.97 Å². The minimum Gasteiger partial charge on any atom is -0.341 e. The van der Waals surface area contributed by atoms with Crippen molar-refractivity contribution in [2.45, 2.75) is 44.4 Å². The number of aryl methyl sites for hydroxylation is 1. The first-order chi connectivity index (χ1) is 11.9. The average molecular weight is 366 g/mol. The van der Waals surface area contributed by atoms with Crippen LogP contribution in [0.25, 0.3) is 0 Å². The molecule has 1 atom stereocenters. The van der Waals surface area contributed by atoms with Crippen molar-refractivity contribution in [3.8, 4) is 0 Å². The van der Waals surface area contributed by atoms with E-state index >= 15 is 0 Å². The second kappa shape index (κ2) is 7.04. The summed E-state index contributed by atoms with van der Waals surface area (Å²) < 4.78 is 31.6. The number of nitrogens with zero attached hydrogens (tertiary/aromatic N) is 6. The van der Waals surface area contributed by atoms with E-state index < -0.39 is 15.4 Å². The Kier molecular flexibility index (Phi) is 5.00. The molecule has 2 aromatic rings. The normalized spacial score (nSPS) is 17.6. The van der Waals surface area contributed by atoms with Crippen molar-refractivity contribution in [3.05, 3.63) is 29.8 Å². The molecule has 1 saturated heterocycles. The van der Waals surface area contributed by atoms with Crippen molar-refractivity contribution in [1.82, 2.24) is 25.0 Å². The van der Waals surface area contributed by atoms with Crippen LogP contribution in [0.15, 0.2) is 18.6 Å². The summed E-state index contributed by atoms with van der Waals surface area (Å²) in [6, 6.07) is 0.0912.